The van der Waals surface area contributed by atoms with Gasteiger partial charge in [-0.15, -0.1) is 0 Å². The van der Waals surface area contributed by atoms with Gasteiger partial charge in [-0.2, -0.15) is 4.39 Å². The predicted molar refractivity (Wildman–Crippen MR) is 59.2 cm³/mol. The van der Waals surface area contributed by atoms with Crippen molar-refractivity contribution in [3.05, 3.63) is 47.4 Å². The first kappa shape index (κ1) is 11.4. The van der Waals surface area contributed by atoms with Gasteiger partial charge in [0.1, 0.15) is 16.7 Å². The molecule has 86 valence electrons. The van der Waals surface area contributed by atoms with Gasteiger partial charge < -0.3 is 5.32 Å². The van der Waals surface area contributed by atoms with Gasteiger partial charge in [0.15, 0.2) is 0 Å². The summed E-state index contributed by atoms with van der Waals surface area (Å²) in [5.41, 5.74) is 0.0699. The van der Waals surface area contributed by atoms with Crippen molar-refractivity contribution in [3.8, 4) is 0 Å². The highest BCUT2D eigenvalue weighted by Gasteiger charge is 2.09. The van der Waals surface area contributed by atoms with E-state index in [2.05, 4.69) is 20.3 Å². The van der Waals surface area contributed by atoms with E-state index < -0.39 is 11.9 Å². The summed E-state index contributed by atoms with van der Waals surface area (Å²) in [4.78, 5) is 22.6. The molecular formula is C10H6ClFN4O. The zero-order chi connectivity index (χ0) is 12.3. The molecule has 0 aliphatic carbocycles. The normalized spacial score (nSPS) is 10.0. The molecule has 1 amide bonds. The Labute approximate surface area is 101 Å². The largest absolute Gasteiger partial charge is 0.305 e. The second-order valence-electron chi connectivity index (χ2n) is 3.02. The molecule has 17 heavy (non-hydrogen) atoms. The molecule has 0 saturated carbocycles. The SMILES string of the molecule is O=C(Nc1cccc(F)n1)c1cnc(Cl)cn1. The van der Waals surface area contributed by atoms with Crippen molar-refractivity contribution in [1.29, 1.82) is 0 Å². The van der Waals surface area contributed by atoms with Crippen molar-refractivity contribution in [2.45, 2.75) is 0 Å². The molecule has 5 nitrogen and oxygen atoms in total. The van der Waals surface area contributed by atoms with E-state index >= 15 is 0 Å². The molecule has 2 heterocycles. The zero-order valence-electron chi connectivity index (χ0n) is 8.39. The van der Waals surface area contributed by atoms with E-state index in [-0.39, 0.29) is 16.7 Å². The molecular weight excluding hydrogens is 247 g/mol. The Kier molecular flexibility index (Phi) is 3.24. The Morgan fingerprint density at radius 3 is 2.76 bits per heavy atom. The Bertz CT molecular complexity index is 546. The van der Waals surface area contributed by atoms with Crippen LogP contribution in [0.2, 0.25) is 5.15 Å². The fraction of sp³-hybridized carbons (Fsp3) is 0. The van der Waals surface area contributed by atoms with Crippen LogP contribution in [0.15, 0.2) is 30.6 Å². The predicted octanol–water partition coefficient (Wildman–Crippen LogP) is 1.92. The van der Waals surface area contributed by atoms with E-state index in [1.165, 1.54) is 30.6 Å². The molecule has 0 spiro atoms. The van der Waals surface area contributed by atoms with Crippen LogP contribution in [-0.4, -0.2) is 20.9 Å². The van der Waals surface area contributed by atoms with Gasteiger partial charge >= 0.3 is 0 Å². The number of pyridine rings is 1. The van der Waals surface area contributed by atoms with Crippen LogP contribution in [0.5, 0.6) is 0 Å². The Hall–Kier alpha value is -2.08. The van der Waals surface area contributed by atoms with Crippen LogP contribution in [0.25, 0.3) is 0 Å². The summed E-state index contributed by atoms with van der Waals surface area (Å²) < 4.78 is 12.8. The molecule has 0 atom stereocenters. The number of hydrogen-bond acceptors (Lipinski definition) is 4. The minimum Gasteiger partial charge on any atom is -0.305 e. The average Bonchev–Trinajstić information content (AvgIpc) is 2.29. The van der Waals surface area contributed by atoms with Gasteiger partial charge in [0.2, 0.25) is 5.95 Å². The van der Waals surface area contributed by atoms with E-state index in [4.69, 9.17) is 11.6 Å². The third-order valence-corrected chi connectivity index (χ3v) is 2.00. The topological polar surface area (TPSA) is 67.8 Å². The minimum absolute atomic E-state index is 0.0699. The quantitative estimate of drug-likeness (QED) is 0.829. The number of carbonyl (C=O) groups is 1. The fourth-order valence-electron chi connectivity index (χ4n) is 1.09. The maximum absolute atomic E-state index is 12.8. The van der Waals surface area contributed by atoms with Gasteiger partial charge in [-0.25, -0.2) is 15.0 Å². The highest BCUT2D eigenvalue weighted by atomic mass is 35.5. The molecule has 7 heteroatoms. The van der Waals surface area contributed by atoms with Gasteiger partial charge in [0, 0.05) is 0 Å². The number of rotatable bonds is 2. The first-order valence-corrected chi connectivity index (χ1v) is 4.94. The van der Waals surface area contributed by atoms with Crippen LogP contribution in [0.1, 0.15) is 10.5 Å². The van der Waals surface area contributed by atoms with E-state index in [1.54, 1.807) is 0 Å². The van der Waals surface area contributed by atoms with E-state index in [0.717, 1.165) is 0 Å². The molecule has 0 aromatic carbocycles. The van der Waals surface area contributed by atoms with Crippen LogP contribution in [-0.2, 0) is 0 Å². The number of amides is 1. The summed E-state index contributed by atoms with van der Waals surface area (Å²) >= 11 is 5.53. The lowest BCUT2D eigenvalue weighted by Gasteiger charge is -2.02. The monoisotopic (exact) mass is 252 g/mol. The van der Waals surface area contributed by atoms with Crippen molar-refractivity contribution >= 4 is 23.3 Å². The molecule has 2 aromatic rings. The third-order valence-electron chi connectivity index (χ3n) is 1.81. The van der Waals surface area contributed by atoms with Crippen LogP contribution in [0, 0.1) is 5.95 Å². The van der Waals surface area contributed by atoms with E-state index in [1.807, 2.05) is 0 Å². The van der Waals surface area contributed by atoms with E-state index in [9.17, 15) is 9.18 Å². The number of nitrogens with zero attached hydrogens (tertiary/aromatic N) is 3. The maximum atomic E-state index is 12.8. The first-order valence-electron chi connectivity index (χ1n) is 4.56. The van der Waals surface area contributed by atoms with Crippen molar-refractivity contribution in [2.24, 2.45) is 0 Å². The Balaban J connectivity index is 2.14. The molecule has 0 radical (unpaired) electrons. The molecule has 0 fully saturated rings. The number of hydrogen-bond donors (Lipinski definition) is 1. The summed E-state index contributed by atoms with van der Waals surface area (Å²) in [5.74, 6) is -1.11. The Morgan fingerprint density at radius 1 is 1.29 bits per heavy atom. The zero-order valence-corrected chi connectivity index (χ0v) is 9.15. The summed E-state index contributed by atoms with van der Waals surface area (Å²) in [6, 6.07) is 4.08. The molecule has 1 N–H and O–H groups in total. The number of carbonyl (C=O) groups excluding carboxylic acids is 1. The summed E-state index contributed by atoms with van der Waals surface area (Å²) in [7, 11) is 0. The fourth-order valence-corrected chi connectivity index (χ4v) is 1.19. The summed E-state index contributed by atoms with van der Waals surface area (Å²) in [5, 5.41) is 2.57. The van der Waals surface area contributed by atoms with Crippen LogP contribution >= 0.6 is 11.6 Å². The second kappa shape index (κ2) is 4.84. The molecule has 0 bridgehead atoms. The van der Waals surface area contributed by atoms with Gasteiger partial charge in [0.25, 0.3) is 5.91 Å². The average molecular weight is 253 g/mol. The van der Waals surface area contributed by atoms with Crippen LogP contribution in [0.3, 0.4) is 0 Å². The standard InChI is InChI=1S/C10H6ClFN4O/c11-7-5-13-6(4-14-7)10(17)16-9-3-1-2-8(12)15-9/h1-5H,(H,15,16,17). The van der Waals surface area contributed by atoms with Gasteiger partial charge in [0.05, 0.1) is 12.4 Å². The highest BCUT2D eigenvalue weighted by Crippen LogP contribution is 2.06. The molecule has 2 rings (SSSR count). The van der Waals surface area contributed by atoms with Crippen molar-refractivity contribution in [1.82, 2.24) is 15.0 Å². The van der Waals surface area contributed by atoms with Crippen molar-refractivity contribution < 1.29 is 9.18 Å². The van der Waals surface area contributed by atoms with E-state index in [0.29, 0.717) is 0 Å². The minimum atomic E-state index is -0.676. The number of nitrogens with one attached hydrogen (secondary N) is 1. The molecule has 0 aliphatic heterocycles. The van der Waals surface area contributed by atoms with Crippen LogP contribution < -0.4 is 5.32 Å². The van der Waals surface area contributed by atoms with Crippen LogP contribution in [0.4, 0.5) is 10.2 Å². The molecule has 0 aliphatic rings. The van der Waals surface area contributed by atoms with Crippen molar-refractivity contribution in [2.75, 3.05) is 5.32 Å². The second-order valence-corrected chi connectivity index (χ2v) is 3.41. The number of halogens is 2. The number of aromatic nitrogens is 3. The third kappa shape index (κ3) is 2.94. The lowest BCUT2D eigenvalue weighted by Crippen LogP contribution is -2.15. The molecule has 0 unspecified atom stereocenters. The maximum Gasteiger partial charge on any atom is 0.277 e. The summed E-state index contributed by atoms with van der Waals surface area (Å²) in [6.45, 7) is 0. The summed E-state index contributed by atoms with van der Waals surface area (Å²) in [6.07, 6.45) is 2.46. The smallest absolute Gasteiger partial charge is 0.277 e. The van der Waals surface area contributed by atoms with Crippen molar-refractivity contribution in [3.63, 3.8) is 0 Å². The van der Waals surface area contributed by atoms with Gasteiger partial charge in [-0.05, 0) is 12.1 Å². The van der Waals surface area contributed by atoms with Gasteiger partial charge in [-0.1, -0.05) is 17.7 Å². The Morgan fingerprint density at radius 2 is 2.12 bits per heavy atom. The lowest BCUT2D eigenvalue weighted by atomic mass is 10.4. The lowest BCUT2D eigenvalue weighted by molar-refractivity contribution is 0.102. The molecule has 0 saturated heterocycles. The number of anilines is 1. The highest BCUT2D eigenvalue weighted by molar-refractivity contribution is 6.29. The first-order chi connectivity index (χ1) is 8.15. The van der Waals surface area contributed by atoms with Gasteiger partial charge in [-0.3, -0.25) is 4.79 Å². The molecule has 2 aromatic heterocycles.